The molecular weight excluding hydrogens is 352 g/mol. The number of amides is 1. The van der Waals surface area contributed by atoms with Gasteiger partial charge in [-0.05, 0) is 32.0 Å². The number of nitrogens with zero attached hydrogens (tertiary/aromatic N) is 1. The van der Waals surface area contributed by atoms with E-state index in [0.717, 1.165) is 15.4 Å². The van der Waals surface area contributed by atoms with Crippen molar-refractivity contribution in [2.75, 3.05) is 20.7 Å². The Morgan fingerprint density at radius 1 is 1.15 bits per heavy atom. The quantitative estimate of drug-likeness (QED) is 0.806. The van der Waals surface area contributed by atoms with E-state index in [1.54, 1.807) is 19.2 Å². The third-order valence-electron chi connectivity index (χ3n) is 4.08. The molecule has 1 amide bonds. The molecule has 1 atom stereocenters. The number of rotatable bonds is 7. The fourth-order valence-electron chi connectivity index (χ4n) is 2.57. The molecule has 2 aromatic rings. The van der Waals surface area contributed by atoms with Gasteiger partial charge in [-0.3, -0.25) is 4.79 Å². The number of sulfonamides is 1. The van der Waals surface area contributed by atoms with E-state index >= 15 is 0 Å². The molecule has 0 fully saturated rings. The molecule has 7 heteroatoms. The highest BCUT2D eigenvalue weighted by atomic mass is 32.2. The first kappa shape index (κ1) is 19.9. The van der Waals surface area contributed by atoms with Gasteiger partial charge in [-0.25, -0.2) is 8.42 Å². The molecule has 140 valence electrons. The molecule has 0 saturated carbocycles. The van der Waals surface area contributed by atoms with Crippen LogP contribution >= 0.6 is 0 Å². The van der Waals surface area contributed by atoms with E-state index in [1.807, 2.05) is 38.1 Å². The van der Waals surface area contributed by atoms with Crippen molar-refractivity contribution in [3.05, 3.63) is 59.7 Å². The molecular formula is C19H24N2O4S. The van der Waals surface area contributed by atoms with Crippen LogP contribution < -0.4 is 10.1 Å². The highest BCUT2D eigenvalue weighted by Crippen LogP contribution is 2.24. The fourth-order valence-corrected chi connectivity index (χ4v) is 3.69. The number of benzene rings is 2. The molecule has 2 rings (SSSR count). The zero-order valence-corrected chi connectivity index (χ0v) is 16.2. The Balaban J connectivity index is 2.05. The average molecular weight is 376 g/mol. The van der Waals surface area contributed by atoms with Crippen LogP contribution in [0, 0.1) is 6.92 Å². The lowest BCUT2D eigenvalue weighted by Gasteiger charge is -2.20. The number of hydrogen-bond acceptors (Lipinski definition) is 4. The summed E-state index contributed by atoms with van der Waals surface area (Å²) in [5.74, 6) is 0.280. The average Bonchev–Trinajstić information content (AvgIpc) is 2.61. The predicted molar refractivity (Wildman–Crippen MR) is 101 cm³/mol. The monoisotopic (exact) mass is 376 g/mol. The van der Waals surface area contributed by atoms with Gasteiger partial charge in [0, 0.05) is 12.6 Å². The summed E-state index contributed by atoms with van der Waals surface area (Å²) in [5, 5.41) is 2.81. The highest BCUT2D eigenvalue weighted by Gasteiger charge is 2.23. The third kappa shape index (κ3) is 4.62. The van der Waals surface area contributed by atoms with Crippen LogP contribution in [0.3, 0.4) is 0 Å². The summed E-state index contributed by atoms with van der Waals surface area (Å²) in [6, 6.07) is 13.6. The molecule has 1 N–H and O–H groups in total. The highest BCUT2D eigenvalue weighted by molar-refractivity contribution is 7.89. The van der Waals surface area contributed by atoms with Gasteiger partial charge in [0.15, 0.2) is 0 Å². The van der Waals surface area contributed by atoms with E-state index in [4.69, 9.17) is 4.74 Å². The normalized spacial score (nSPS) is 12.7. The lowest BCUT2D eigenvalue weighted by atomic mass is 10.1. The SMILES string of the molecule is COc1ccccc1C(C)NC(=O)CN(C)S(=O)(=O)c1ccc(C)cc1. The van der Waals surface area contributed by atoms with Crippen LogP contribution in [0.1, 0.15) is 24.1 Å². The number of carbonyl (C=O) groups excluding carboxylic acids is 1. The molecule has 0 aliphatic heterocycles. The molecule has 0 aromatic heterocycles. The molecule has 0 radical (unpaired) electrons. The number of likely N-dealkylation sites (N-methyl/N-ethyl adjacent to an activating group) is 1. The van der Waals surface area contributed by atoms with Crippen molar-refractivity contribution in [2.24, 2.45) is 0 Å². The summed E-state index contributed by atoms with van der Waals surface area (Å²) in [4.78, 5) is 12.5. The van der Waals surface area contributed by atoms with Crippen LogP contribution in [0.4, 0.5) is 0 Å². The molecule has 26 heavy (non-hydrogen) atoms. The van der Waals surface area contributed by atoms with Crippen LogP contribution in [0.15, 0.2) is 53.4 Å². The molecule has 0 bridgehead atoms. The second kappa shape index (κ2) is 8.33. The minimum absolute atomic E-state index is 0.163. The van der Waals surface area contributed by atoms with Gasteiger partial charge in [-0.1, -0.05) is 35.9 Å². The van der Waals surface area contributed by atoms with Crippen molar-refractivity contribution in [1.29, 1.82) is 0 Å². The zero-order valence-electron chi connectivity index (χ0n) is 15.4. The molecule has 0 heterocycles. The first-order valence-electron chi connectivity index (χ1n) is 8.21. The van der Waals surface area contributed by atoms with E-state index in [0.29, 0.717) is 5.75 Å². The minimum atomic E-state index is -3.72. The van der Waals surface area contributed by atoms with E-state index in [2.05, 4.69) is 5.32 Å². The van der Waals surface area contributed by atoms with E-state index in [1.165, 1.54) is 19.2 Å². The van der Waals surface area contributed by atoms with Gasteiger partial charge in [0.25, 0.3) is 0 Å². The summed E-state index contributed by atoms with van der Waals surface area (Å²) < 4.78 is 31.5. The van der Waals surface area contributed by atoms with Crippen molar-refractivity contribution in [3.8, 4) is 5.75 Å². The summed E-state index contributed by atoms with van der Waals surface area (Å²) in [5.41, 5.74) is 1.79. The maximum absolute atomic E-state index is 12.6. The summed E-state index contributed by atoms with van der Waals surface area (Å²) in [7, 11) is -0.760. The minimum Gasteiger partial charge on any atom is -0.496 e. The number of ether oxygens (including phenoxy) is 1. The van der Waals surface area contributed by atoms with Crippen molar-refractivity contribution in [3.63, 3.8) is 0 Å². The van der Waals surface area contributed by atoms with Gasteiger partial charge in [-0.15, -0.1) is 0 Å². The van der Waals surface area contributed by atoms with E-state index < -0.39 is 10.0 Å². The first-order chi connectivity index (χ1) is 12.3. The van der Waals surface area contributed by atoms with Gasteiger partial charge in [0.2, 0.25) is 15.9 Å². The van der Waals surface area contributed by atoms with Gasteiger partial charge in [0.1, 0.15) is 5.75 Å². The Morgan fingerprint density at radius 2 is 1.77 bits per heavy atom. The number of nitrogens with one attached hydrogen (secondary N) is 1. The van der Waals surface area contributed by atoms with Gasteiger partial charge < -0.3 is 10.1 Å². The number of methoxy groups -OCH3 is 1. The Kier molecular flexibility index (Phi) is 6.39. The molecule has 2 aromatic carbocycles. The Labute approximate surface area is 154 Å². The van der Waals surface area contributed by atoms with Crippen molar-refractivity contribution >= 4 is 15.9 Å². The van der Waals surface area contributed by atoms with Crippen molar-refractivity contribution in [1.82, 2.24) is 9.62 Å². The topological polar surface area (TPSA) is 75.7 Å². The van der Waals surface area contributed by atoms with Crippen LogP contribution in [0.25, 0.3) is 0 Å². The van der Waals surface area contributed by atoms with Crippen LogP contribution in [-0.4, -0.2) is 39.3 Å². The summed E-state index contributed by atoms with van der Waals surface area (Å²) in [6.07, 6.45) is 0. The van der Waals surface area contributed by atoms with Crippen LogP contribution in [-0.2, 0) is 14.8 Å². The fraction of sp³-hybridized carbons (Fsp3) is 0.316. The number of para-hydroxylation sites is 1. The van der Waals surface area contributed by atoms with Crippen LogP contribution in [0.2, 0.25) is 0 Å². The second-order valence-electron chi connectivity index (χ2n) is 6.11. The Bertz CT molecular complexity index is 863. The number of carbonyl (C=O) groups is 1. The van der Waals surface area contributed by atoms with Gasteiger partial charge in [-0.2, -0.15) is 4.31 Å². The molecule has 0 aliphatic carbocycles. The largest absolute Gasteiger partial charge is 0.496 e. The Morgan fingerprint density at radius 3 is 2.38 bits per heavy atom. The Hall–Kier alpha value is -2.38. The molecule has 0 aliphatic rings. The maximum Gasteiger partial charge on any atom is 0.243 e. The molecule has 1 unspecified atom stereocenters. The maximum atomic E-state index is 12.6. The van der Waals surface area contributed by atoms with E-state index in [9.17, 15) is 13.2 Å². The number of hydrogen-bond donors (Lipinski definition) is 1. The van der Waals surface area contributed by atoms with Crippen molar-refractivity contribution in [2.45, 2.75) is 24.8 Å². The predicted octanol–water partition coefficient (Wildman–Crippen LogP) is 2.50. The third-order valence-corrected chi connectivity index (χ3v) is 5.90. The van der Waals surface area contributed by atoms with Crippen molar-refractivity contribution < 1.29 is 17.9 Å². The molecule has 0 saturated heterocycles. The zero-order chi connectivity index (χ0) is 19.3. The molecule has 0 spiro atoms. The molecule has 6 nitrogen and oxygen atoms in total. The number of aryl methyl sites for hydroxylation is 1. The van der Waals surface area contributed by atoms with Crippen LogP contribution in [0.5, 0.6) is 5.75 Å². The summed E-state index contributed by atoms with van der Waals surface area (Å²) >= 11 is 0. The lowest BCUT2D eigenvalue weighted by Crippen LogP contribution is -2.39. The second-order valence-corrected chi connectivity index (χ2v) is 8.15. The smallest absolute Gasteiger partial charge is 0.243 e. The first-order valence-corrected chi connectivity index (χ1v) is 9.65. The van der Waals surface area contributed by atoms with Gasteiger partial charge >= 0.3 is 0 Å². The van der Waals surface area contributed by atoms with Gasteiger partial charge in [0.05, 0.1) is 24.6 Å². The van der Waals surface area contributed by atoms with E-state index in [-0.39, 0.29) is 23.4 Å². The lowest BCUT2D eigenvalue weighted by molar-refractivity contribution is -0.121. The standard InChI is InChI=1S/C19H24N2O4S/c1-14-9-11-16(12-10-14)26(23,24)21(3)13-19(22)20-15(2)17-7-5-6-8-18(17)25-4/h5-12,15H,13H2,1-4H3,(H,20,22). The summed E-state index contributed by atoms with van der Waals surface area (Å²) in [6.45, 7) is 3.44.